The molecule has 1 aromatic heterocycles. The van der Waals surface area contributed by atoms with E-state index in [4.69, 9.17) is 0 Å². The molecule has 2 aliphatic rings. The van der Waals surface area contributed by atoms with E-state index in [1.165, 1.54) is 37.8 Å². The summed E-state index contributed by atoms with van der Waals surface area (Å²) in [5.74, 6) is 2.03. The van der Waals surface area contributed by atoms with E-state index in [1.807, 2.05) is 6.07 Å². The van der Waals surface area contributed by atoms with E-state index >= 15 is 0 Å². The second-order valence-corrected chi connectivity index (χ2v) is 6.93. The van der Waals surface area contributed by atoms with Crippen LogP contribution in [0.1, 0.15) is 50.1 Å². The van der Waals surface area contributed by atoms with Gasteiger partial charge in [0, 0.05) is 23.7 Å². The number of aromatic nitrogens is 2. The molecule has 0 bridgehead atoms. The van der Waals surface area contributed by atoms with Gasteiger partial charge in [-0.25, -0.2) is 4.98 Å². The summed E-state index contributed by atoms with van der Waals surface area (Å²) in [4.78, 5) is 9.27. The van der Waals surface area contributed by atoms with Crippen molar-refractivity contribution in [2.45, 2.75) is 57.1 Å². The number of ether oxygens (including phenoxy) is 1. The molecule has 0 aliphatic heterocycles. The Labute approximate surface area is 151 Å². The monoisotopic (exact) mass is 360 g/mol. The number of hydrogen-bond donors (Lipinski definition) is 2. The second-order valence-electron chi connectivity index (χ2n) is 6.93. The summed E-state index contributed by atoms with van der Waals surface area (Å²) in [6.45, 7) is -2.82. The van der Waals surface area contributed by atoms with Crippen molar-refractivity contribution < 1.29 is 13.5 Å². The van der Waals surface area contributed by atoms with Gasteiger partial charge >= 0.3 is 6.61 Å². The summed E-state index contributed by atoms with van der Waals surface area (Å²) in [5.41, 5.74) is 1.82. The van der Waals surface area contributed by atoms with Gasteiger partial charge in [-0.05, 0) is 49.9 Å². The summed E-state index contributed by atoms with van der Waals surface area (Å²) in [5, 5.41) is 6.69. The van der Waals surface area contributed by atoms with Crippen molar-refractivity contribution in [1.82, 2.24) is 9.97 Å². The molecule has 0 atom stereocenters. The lowest BCUT2D eigenvalue weighted by molar-refractivity contribution is -0.0498. The van der Waals surface area contributed by atoms with Crippen LogP contribution >= 0.6 is 0 Å². The van der Waals surface area contributed by atoms with E-state index in [0.29, 0.717) is 23.7 Å². The molecule has 2 N–H and O–H groups in total. The van der Waals surface area contributed by atoms with Crippen molar-refractivity contribution in [1.29, 1.82) is 0 Å². The van der Waals surface area contributed by atoms with Crippen molar-refractivity contribution in [2.24, 2.45) is 0 Å². The van der Waals surface area contributed by atoms with Crippen LogP contribution in [0.3, 0.4) is 0 Å². The van der Waals surface area contributed by atoms with Crippen molar-refractivity contribution in [3.63, 3.8) is 0 Å². The maximum absolute atomic E-state index is 12.2. The lowest BCUT2D eigenvalue weighted by Crippen LogP contribution is -2.17. The summed E-state index contributed by atoms with van der Waals surface area (Å²) < 4.78 is 28.9. The number of nitrogens with one attached hydrogen (secondary N) is 2. The zero-order chi connectivity index (χ0) is 17.9. The standard InChI is InChI=1S/C19H22F2N4O/c20-18(21)26-15-9-7-14(8-10-15)22-17-11-16(12-5-6-12)24-19(25-17)23-13-3-1-2-4-13/h7-13,18H,1-6H2,(H2,22,23,24,25). The van der Waals surface area contributed by atoms with Crippen molar-refractivity contribution in [3.05, 3.63) is 36.0 Å². The molecule has 138 valence electrons. The zero-order valence-corrected chi connectivity index (χ0v) is 14.4. The predicted molar refractivity (Wildman–Crippen MR) is 96.2 cm³/mol. The number of alkyl halides is 2. The first-order chi connectivity index (χ1) is 12.7. The van der Waals surface area contributed by atoms with Crippen LogP contribution in [0.15, 0.2) is 30.3 Å². The number of anilines is 3. The van der Waals surface area contributed by atoms with Crippen molar-refractivity contribution in [2.75, 3.05) is 10.6 Å². The van der Waals surface area contributed by atoms with Gasteiger partial charge in [-0.3, -0.25) is 0 Å². The largest absolute Gasteiger partial charge is 0.435 e. The molecule has 0 radical (unpaired) electrons. The average Bonchev–Trinajstić information content (AvgIpc) is 3.34. The molecule has 1 heterocycles. The fourth-order valence-corrected chi connectivity index (χ4v) is 3.30. The van der Waals surface area contributed by atoms with Crippen LogP contribution in [0.2, 0.25) is 0 Å². The van der Waals surface area contributed by atoms with Gasteiger partial charge in [0.1, 0.15) is 11.6 Å². The topological polar surface area (TPSA) is 59.1 Å². The summed E-state index contributed by atoms with van der Waals surface area (Å²) in [6.07, 6.45) is 7.14. The fourth-order valence-electron chi connectivity index (χ4n) is 3.30. The number of halogens is 2. The predicted octanol–water partition coefficient (Wildman–Crippen LogP) is 5.05. The van der Waals surface area contributed by atoms with Crippen LogP contribution in [0.4, 0.5) is 26.2 Å². The number of nitrogens with zero attached hydrogens (tertiary/aromatic N) is 2. The molecule has 0 spiro atoms. The number of benzene rings is 1. The van der Waals surface area contributed by atoms with Gasteiger partial charge < -0.3 is 15.4 Å². The van der Waals surface area contributed by atoms with Gasteiger partial charge in [0.05, 0.1) is 5.69 Å². The van der Waals surface area contributed by atoms with E-state index in [0.717, 1.165) is 24.2 Å². The van der Waals surface area contributed by atoms with Gasteiger partial charge in [0.15, 0.2) is 0 Å². The highest BCUT2D eigenvalue weighted by Gasteiger charge is 2.27. The fraction of sp³-hybridized carbons (Fsp3) is 0.474. The Morgan fingerprint density at radius 3 is 2.38 bits per heavy atom. The first kappa shape index (κ1) is 17.0. The van der Waals surface area contributed by atoms with Crippen LogP contribution in [0.25, 0.3) is 0 Å². The third-order valence-electron chi connectivity index (χ3n) is 4.78. The SMILES string of the molecule is FC(F)Oc1ccc(Nc2cc(C3CC3)nc(NC3CCCC3)n2)cc1. The molecule has 2 aromatic rings. The molecule has 2 fully saturated rings. The number of hydrogen-bond acceptors (Lipinski definition) is 5. The van der Waals surface area contributed by atoms with Crippen molar-refractivity contribution in [3.8, 4) is 5.75 Å². The minimum absolute atomic E-state index is 0.135. The molecule has 4 rings (SSSR count). The second kappa shape index (κ2) is 7.43. The molecular weight excluding hydrogens is 338 g/mol. The quantitative estimate of drug-likeness (QED) is 0.723. The maximum Gasteiger partial charge on any atom is 0.387 e. The third-order valence-corrected chi connectivity index (χ3v) is 4.78. The smallest absolute Gasteiger partial charge is 0.387 e. The Morgan fingerprint density at radius 2 is 1.73 bits per heavy atom. The highest BCUT2D eigenvalue weighted by molar-refractivity contribution is 5.59. The Kier molecular flexibility index (Phi) is 4.86. The third kappa shape index (κ3) is 4.39. The molecule has 1 aromatic carbocycles. The molecule has 0 amide bonds. The minimum Gasteiger partial charge on any atom is -0.435 e. The first-order valence-electron chi connectivity index (χ1n) is 9.13. The highest BCUT2D eigenvalue weighted by Crippen LogP contribution is 2.40. The van der Waals surface area contributed by atoms with E-state index in [1.54, 1.807) is 12.1 Å². The molecular formula is C19H22F2N4O. The van der Waals surface area contributed by atoms with Crippen LogP contribution in [0.5, 0.6) is 5.75 Å². The van der Waals surface area contributed by atoms with E-state index in [-0.39, 0.29) is 5.75 Å². The van der Waals surface area contributed by atoms with Crippen LogP contribution in [0, 0.1) is 0 Å². The normalized spacial score (nSPS) is 17.5. The van der Waals surface area contributed by atoms with Crippen LogP contribution in [-0.4, -0.2) is 22.6 Å². The summed E-state index contributed by atoms with van der Waals surface area (Å²) >= 11 is 0. The van der Waals surface area contributed by atoms with Gasteiger partial charge in [0.25, 0.3) is 0 Å². The Balaban J connectivity index is 1.50. The van der Waals surface area contributed by atoms with Gasteiger partial charge in [-0.2, -0.15) is 13.8 Å². The Bertz CT molecular complexity index is 744. The molecule has 2 aliphatic carbocycles. The number of rotatable bonds is 7. The zero-order valence-electron chi connectivity index (χ0n) is 14.4. The minimum atomic E-state index is -2.82. The highest BCUT2D eigenvalue weighted by atomic mass is 19.3. The van der Waals surface area contributed by atoms with Crippen LogP contribution < -0.4 is 15.4 Å². The van der Waals surface area contributed by atoms with Gasteiger partial charge in [0.2, 0.25) is 5.95 Å². The van der Waals surface area contributed by atoms with Gasteiger partial charge in [-0.1, -0.05) is 12.8 Å². The first-order valence-corrected chi connectivity index (χ1v) is 9.13. The van der Waals surface area contributed by atoms with E-state index in [2.05, 4.69) is 25.3 Å². The molecule has 7 heteroatoms. The maximum atomic E-state index is 12.2. The van der Waals surface area contributed by atoms with E-state index in [9.17, 15) is 8.78 Å². The van der Waals surface area contributed by atoms with E-state index < -0.39 is 6.61 Å². The summed E-state index contributed by atoms with van der Waals surface area (Å²) in [7, 11) is 0. The van der Waals surface area contributed by atoms with Gasteiger partial charge in [-0.15, -0.1) is 0 Å². The Morgan fingerprint density at radius 1 is 1.00 bits per heavy atom. The molecule has 2 saturated carbocycles. The lowest BCUT2D eigenvalue weighted by atomic mass is 10.2. The van der Waals surface area contributed by atoms with Crippen LogP contribution in [-0.2, 0) is 0 Å². The van der Waals surface area contributed by atoms with Crippen molar-refractivity contribution >= 4 is 17.5 Å². The molecule has 0 saturated heterocycles. The summed E-state index contributed by atoms with van der Waals surface area (Å²) in [6, 6.07) is 8.83. The Hall–Kier alpha value is -2.44. The molecule has 0 unspecified atom stereocenters. The average molecular weight is 360 g/mol. The lowest BCUT2D eigenvalue weighted by Gasteiger charge is -2.15. The molecule has 26 heavy (non-hydrogen) atoms. The molecule has 5 nitrogen and oxygen atoms in total.